The lowest BCUT2D eigenvalue weighted by Gasteiger charge is -2.03. The summed E-state index contributed by atoms with van der Waals surface area (Å²) in [7, 11) is 0. The van der Waals surface area contributed by atoms with E-state index in [9.17, 15) is 4.79 Å². The Hall–Kier alpha value is -2.20. The molecule has 1 rings (SSSR count). The number of rotatable bonds is 7. The highest BCUT2D eigenvalue weighted by atomic mass is 16.2. The normalized spacial score (nSPS) is 11.6. The zero-order valence-electron chi connectivity index (χ0n) is 11.8. The van der Waals surface area contributed by atoms with Crippen molar-refractivity contribution in [1.29, 1.82) is 0 Å². The van der Waals surface area contributed by atoms with Crippen molar-refractivity contribution in [1.82, 2.24) is 10.4 Å². The minimum atomic E-state index is -0.205. The molecule has 0 aliphatic heterocycles. The first-order chi connectivity index (χ1) is 9.65. The molecule has 1 aromatic heterocycles. The largest absolute Gasteiger partial charge is 0.294 e. The third-order valence-corrected chi connectivity index (χ3v) is 2.89. The first-order valence-electron chi connectivity index (χ1n) is 6.55. The van der Waals surface area contributed by atoms with Gasteiger partial charge in [-0.15, -0.1) is 0 Å². The molecule has 20 heavy (non-hydrogen) atoms. The van der Waals surface area contributed by atoms with E-state index in [0.29, 0.717) is 0 Å². The number of carbonyl (C=O) groups excluding carboxylic acids is 1. The van der Waals surface area contributed by atoms with Gasteiger partial charge in [0.25, 0.3) is 0 Å². The minimum absolute atomic E-state index is 0.205. The van der Waals surface area contributed by atoms with E-state index in [4.69, 9.17) is 5.84 Å². The van der Waals surface area contributed by atoms with Gasteiger partial charge in [-0.25, -0.2) is 5.84 Å². The molecule has 106 valence electrons. The molecule has 0 saturated heterocycles. The van der Waals surface area contributed by atoms with Gasteiger partial charge in [-0.05, 0) is 37.0 Å². The number of nitrogens with two attached hydrogens (primary N) is 1. The van der Waals surface area contributed by atoms with E-state index in [-0.39, 0.29) is 12.3 Å². The summed E-state index contributed by atoms with van der Waals surface area (Å²) < 4.78 is 0. The first-order valence-corrected chi connectivity index (χ1v) is 6.55. The number of hydrazine groups is 1. The maximum Gasteiger partial charge on any atom is 0.238 e. The fourth-order valence-electron chi connectivity index (χ4n) is 1.65. The summed E-state index contributed by atoms with van der Waals surface area (Å²) >= 11 is 0. The maximum atomic E-state index is 11.2. The summed E-state index contributed by atoms with van der Waals surface area (Å²) in [5.41, 5.74) is 5.24. The molecule has 0 saturated carbocycles. The predicted octanol–water partition coefficient (Wildman–Crippen LogP) is 2.45. The highest BCUT2D eigenvalue weighted by molar-refractivity contribution is 5.78. The zero-order valence-corrected chi connectivity index (χ0v) is 11.8. The van der Waals surface area contributed by atoms with Gasteiger partial charge in [0.1, 0.15) is 0 Å². The van der Waals surface area contributed by atoms with E-state index < -0.39 is 0 Å². The number of aromatic nitrogens is 1. The van der Waals surface area contributed by atoms with Crippen LogP contribution in [0.2, 0.25) is 0 Å². The summed E-state index contributed by atoms with van der Waals surface area (Å²) in [4.78, 5) is 15.3. The number of allylic oxidation sites excluding steroid dienone is 4. The zero-order chi connectivity index (χ0) is 14.8. The molecule has 4 nitrogen and oxygen atoms in total. The Morgan fingerprint density at radius 2 is 2.30 bits per heavy atom. The summed E-state index contributed by atoms with van der Waals surface area (Å²) in [5, 5.41) is 0. The molecule has 1 heterocycles. The molecule has 0 aromatic carbocycles. The van der Waals surface area contributed by atoms with Gasteiger partial charge in [0.15, 0.2) is 0 Å². The average molecular weight is 271 g/mol. The van der Waals surface area contributed by atoms with Gasteiger partial charge in [0.05, 0.1) is 6.42 Å². The number of carbonyl (C=O) groups is 1. The Bertz CT molecular complexity index is 504. The van der Waals surface area contributed by atoms with Crippen LogP contribution in [0.4, 0.5) is 0 Å². The number of aryl methyl sites for hydroxylation is 1. The number of hydrogen-bond acceptors (Lipinski definition) is 3. The number of amides is 1. The first kappa shape index (κ1) is 15.9. The van der Waals surface area contributed by atoms with Crippen LogP contribution in [0.25, 0.3) is 0 Å². The topological polar surface area (TPSA) is 68.0 Å². The van der Waals surface area contributed by atoms with E-state index in [0.717, 1.165) is 24.0 Å². The highest BCUT2D eigenvalue weighted by Crippen LogP contribution is 2.10. The molecule has 0 aliphatic rings. The van der Waals surface area contributed by atoms with Crippen molar-refractivity contribution >= 4 is 5.91 Å². The van der Waals surface area contributed by atoms with Gasteiger partial charge in [-0.1, -0.05) is 36.4 Å². The van der Waals surface area contributed by atoms with Gasteiger partial charge in [0.2, 0.25) is 5.91 Å². The van der Waals surface area contributed by atoms with Crippen molar-refractivity contribution in [2.45, 2.75) is 26.2 Å². The molecule has 1 amide bonds. The molecule has 0 aliphatic carbocycles. The van der Waals surface area contributed by atoms with Crippen LogP contribution in [0.3, 0.4) is 0 Å². The van der Waals surface area contributed by atoms with E-state index in [2.05, 4.69) is 17.0 Å². The van der Waals surface area contributed by atoms with Crippen LogP contribution in [-0.2, 0) is 11.2 Å². The Kier molecular flexibility index (Phi) is 7.00. The van der Waals surface area contributed by atoms with Crippen LogP contribution in [0, 0.1) is 0 Å². The van der Waals surface area contributed by atoms with Gasteiger partial charge in [0, 0.05) is 12.4 Å². The number of nitrogens with one attached hydrogen (secondary N) is 1. The molecule has 0 unspecified atom stereocenters. The number of hydrogen-bond donors (Lipinski definition) is 2. The Labute approximate surface area is 120 Å². The second-order valence-electron chi connectivity index (χ2n) is 4.46. The van der Waals surface area contributed by atoms with Crippen molar-refractivity contribution in [3.63, 3.8) is 0 Å². The Morgan fingerprint density at radius 1 is 1.50 bits per heavy atom. The fourth-order valence-corrected chi connectivity index (χ4v) is 1.65. The summed E-state index contributed by atoms with van der Waals surface area (Å²) in [6.45, 7) is 5.91. The van der Waals surface area contributed by atoms with Crippen LogP contribution in [0.5, 0.6) is 0 Å². The fraction of sp³-hybridized carbons (Fsp3) is 0.250. The van der Waals surface area contributed by atoms with Crippen LogP contribution < -0.4 is 11.3 Å². The van der Waals surface area contributed by atoms with Crippen molar-refractivity contribution in [2.75, 3.05) is 0 Å². The SMILES string of the molecule is C=C(/C=C\C(=C/C)CC(=O)NN)CCc1cccnc1. The van der Waals surface area contributed by atoms with Crippen molar-refractivity contribution in [3.8, 4) is 0 Å². The van der Waals surface area contributed by atoms with Gasteiger partial charge >= 0.3 is 0 Å². The van der Waals surface area contributed by atoms with E-state index >= 15 is 0 Å². The second kappa shape index (κ2) is 8.82. The molecule has 4 heteroatoms. The smallest absolute Gasteiger partial charge is 0.238 e. The standard InChI is InChI=1S/C16H21N3O/c1-3-14(11-16(20)19-17)8-6-13(2)7-9-15-5-4-10-18-12-15/h3-6,8,10,12H,2,7,9,11,17H2,1H3,(H,19,20)/b8-6-,14-3+. The molecule has 1 aromatic rings. The van der Waals surface area contributed by atoms with Crippen LogP contribution >= 0.6 is 0 Å². The third-order valence-electron chi connectivity index (χ3n) is 2.89. The molecule has 0 fully saturated rings. The second-order valence-corrected chi connectivity index (χ2v) is 4.46. The van der Waals surface area contributed by atoms with E-state index in [1.54, 1.807) is 6.20 Å². The summed E-state index contributed by atoms with van der Waals surface area (Å²) in [6.07, 6.45) is 11.4. The maximum absolute atomic E-state index is 11.2. The molecule has 0 bridgehead atoms. The third kappa shape index (κ3) is 6.11. The van der Waals surface area contributed by atoms with Crippen molar-refractivity contribution in [2.24, 2.45) is 5.84 Å². The monoisotopic (exact) mass is 271 g/mol. The summed E-state index contributed by atoms with van der Waals surface area (Å²) in [5.74, 6) is 4.86. The highest BCUT2D eigenvalue weighted by Gasteiger charge is 2.00. The van der Waals surface area contributed by atoms with Crippen molar-refractivity contribution in [3.05, 3.63) is 66.0 Å². The van der Waals surface area contributed by atoms with Crippen LogP contribution in [-0.4, -0.2) is 10.9 Å². The van der Waals surface area contributed by atoms with E-state index in [1.807, 2.05) is 43.5 Å². The molecule has 0 atom stereocenters. The van der Waals surface area contributed by atoms with Gasteiger partial charge < -0.3 is 0 Å². The van der Waals surface area contributed by atoms with E-state index in [1.165, 1.54) is 5.56 Å². The number of pyridine rings is 1. The lowest BCUT2D eigenvalue weighted by Crippen LogP contribution is -2.29. The van der Waals surface area contributed by atoms with Gasteiger partial charge in [-0.3, -0.25) is 15.2 Å². The number of nitrogens with zero attached hydrogens (tertiary/aromatic N) is 1. The van der Waals surface area contributed by atoms with Crippen molar-refractivity contribution < 1.29 is 4.79 Å². The predicted molar refractivity (Wildman–Crippen MR) is 81.5 cm³/mol. The Balaban J connectivity index is 2.44. The van der Waals surface area contributed by atoms with Crippen LogP contribution in [0.1, 0.15) is 25.3 Å². The molecular formula is C16H21N3O. The molecule has 3 N–H and O–H groups in total. The average Bonchev–Trinajstić information content (AvgIpc) is 2.50. The lowest BCUT2D eigenvalue weighted by molar-refractivity contribution is -0.120. The molecular weight excluding hydrogens is 250 g/mol. The lowest BCUT2D eigenvalue weighted by atomic mass is 10.1. The quantitative estimate of drug-likeness (QED) is 0.346. The van der Waals surface area contributed by atoms with Gasteiger partial charge in [-0.2, -0.15) is 0 Å². The minimum Gasteiger partial charge on any atom is -0.294 e. The van der Waals surface area contributed by atoms with Crippen LogP contribution in [0.15, 0.2) is 60.5 Å². The molecule has 0 spiro atoms. The Morgan fingerprint density at radius 3 is 2.90 bits per heavy atom. The molecule has 0 radical (unpaired) electrons. The summed E-state index contributed by atoms with van der Waals surface area (Å²) in [6, 6.07) is 3.98.